The number of likely N-dealkylation sites (tertiary alicyclic amines) is 1. The Morgan fingerprint density at radius 1 is 1.19 bits per heavy atom. The molecule has 0 amide bonds. The number of hydrogen-bond acceptors (Lipinski definition) is 6. The summed E-state index contributed by atoms with van der Waals surface area (Å²) >= 11 is 6.07. The van der Waals surface area contributed by atoms with Crippen LogP contribution in [0.5, 0.6) is 11.5 Å². The molecule has 1 aliphatic heterocycles. The number of aliphatic hydroxyl groups excluding tert-OH is 1. The minimum absolute atomic E-state index is 0.0506. The van der Waals surface area contributed by atoms with Crippen LogP contribution in [0.1, 0.15) is 23.5 Å². The Morgan fingerprint density at radius 2 is 1.91 bits per heavy atom. The van der Waals surface area contributed by atoms with Gasteiger partial charge in [-0.25, -0.2) is 0 Å². The molecule has 2 heterocycles. The summed E-state index contributed by atoms with van der Waals surface area (Å²) in [4.78, 5) is 14.7. The number of likely N-dealkylation sites (N-methyl/N-ethyl adjacent to an activating group) is 1. The van der Waals surface area contributed by atoms with E-state index >= 15 is 0 Å². The summed E-state index contributed by atoms with van der Waals surface area (Å²) < 4.78 is 44.8. The van der Waals surface area contributed by atoms with Gasteiger partial charge in [0.2, 0.25) is 0 Å². The van der Waals surface area contributed by atoms with Crippen molar-refractivity contribution in [2.24, 2.45) is 0 Å². The Kier molecular flexibility index (Phi) is 5.60. The molecule has 1 aromatic heterocycles. The van der Waals surface area contributed by atoms with Gasteiger partial charge >= 0.3 is 6.18 Å². The molecule has 0 spiro atoms. The average Bonchev–Trinajstić information content (AvgIpc) is 3.06. The summed E-state index contributed by atoms with van der Waals surface area (Å²) in [5, 5.41) is 30.3. The third-order valence-electron chi connectivity index (χ3n) is 5.94. The first-order valence-electron chi connectivity index (χ1n) is 9.73. The molecule has 170 valence electrons. The number of rotatable bonds is 3. The summed E-state index contributed by atoms with van der Waals surface area (Å²) in [6, 6.07) is 4.36. The first-order chi connectivity index (χ1) is 15.0. The van der Waals surface area contributed by atoms with Crippen LogP contribution in [0.3, 0.4) is 0 Å². The number of halogens is 4. The van der Waals surface area contributed by atoms with Crippen molar-refractivity contribution in [1.82, 2.24) is 4.90 Å². The molecule has 10 heteroatoms. The van der Waals surface area contributed by atoms with Gasteiger partial charge < -0.3 is 24.6 Å². The summed E-state index contributed by atoms with van der Waals surface area (Å²) in [6.45, 7) is 0.407. The largest absolute Gasteiger partial charge is 0.507 e. The van der Waals surface area contributed by atoms with Crippen molar-refractivity contribution in [2.75, 3.05) is 20.2 Å². The first kappa shape index (κ1) is 22.4. The molecule has 32 heavy (non-hydrogen) atoms. The molecule has 3 aromatic rings. The van der Waals surface area contributed by atoms with Crippen LogP contribution in [-0.4, -0.2) is 46.5 Å². The Bertz CT molecular complexity index is 1260. The van der Waals surface area contributed by atoms with Gasteiger partial charge in [-0.05, 0) is 38.2 Å². The van der Waals surface area contributed by atoms with Gasteiger partial charge in [0.25, 0.3) is 0 Å². The maximum absolute atomic E-state index is 13.0. The second-order valence-electron chi connectivity index (χ2n) is 7.83. The normalized spacial score (nSPS) is 19.7. The fraction of sp³-hybridized carbons (Fsp3) is 0.318. The SMILES string of the molecule is CN1CC[C@@H](c2c(O)cc(O)c3c(=O)cc(-c4ccc(C(F)(F)F)cc4Cl)oc23)[C@H]1CO. The standard InChI is InChI=1S/C22H19ClF3NO5/c1-27-5-4-12(14(27)9-28)19-15(29)7-16(30)20-17(31)8-18(32-21(19)20)11-3-2-10(6-13(11)23)22(24,25)26/h2-3,6-8,12,14,28-30H,4-5,9H2,1H3/t12-,14-/m1/s1. The maximum atomic E-state index is 13.0. The average molecular weight is 470 g/mol. The van der Waals surface area contributed by atoms with E-state index < -0.39 is 28.8 Å². The fourth-order valence-corrected chi connectivity index (χ4v) is 4.59. The lowest BCUT2D eigenvalue weighted by Crippen LogP contribution is -2.32. The molecule has 0 saturated carbocycles. The maximum Gasteiger partial charge on any atom is 0.416 e. The molecule has 0 unspecified atom stereocenters. The lowest BCUT2D eigenvalue weighted by Gasteiger charge is -2.24. The van der Waals surface area contributed by atoms with Gasteiger partial charge in [0, 0.05) is 35.2 Å². The number of nitrogens with zero attached hydrogens (tertiary/aromatic N) is 1. The Morgan fingerprint density at radius 3 is 2.53 bits per heavy atom. The van der Waals surface area contributed by atoms with Gasteiger partial charge in [-0.15, -0.1) is 0 Å². The van der Waals surface area contributed by atoms with E-state index in [2.05, 4.69) is 0 Å². The fourth-order valence-electron chi connectivity index (χ4n) is 4.32. The summed E-state index contributed by atoms with van der Waals surface area (Å²) in [5.74, 6) is -1.33. The number of aromatic hydroxyl groups is 2. The smallest absolute Gasteiger partial charge is 0.416 e. The molecule has 4 rings (SSSR count). The van der Waals surface area contributed by atoms with Crippen LogP contribution >= 0.6 is 11.6 Å². The van der Waals surface area contributed by atoms with E-state index in [1.54, 1.807) is 0 Å². The topological polar surface area (TPSA) is 94.1 Å². The van der Waals surface area contributed by atoms with E-state index in [9.17, 15) is 33.3 Å². The molecule has 3 N–H and O–H groups in total. The van der Waals surface area contributed by atoms with Crippen molar-refractivity contribution in [2.45, 2.75) is 24.6 Å². The molecule has 0 bridgehead atoms. The van der Waals surface area contributed by atoms with Crippen LogP contribution in [0.15, 0.2) is 39.5 Å². The van der Waals surface area contributed by atoms with Gasteiger partial charge in [0.1, 0.15) is 28.2 Å². The van der Waals surface area contributed by atoms with E-state index in [0.717, 1.165) is 30.3 Å². The lowest BCUT2D eigenvalue weighted by molar-refractivity contribution is -0.137. The van der Waals surface area contributed by atoms with Gasteiger partial charge in [0.05, 0.1) is 17.2 Å². The molecule has 2 atom stereocenters. The Hall–Kier alpha value is -2.75. The van der Waals surface area contributed by atoms with Crippen LogP contribution in [0.25, 0.3) is 22.3 Å². The van der Waals surface area contributed by atoms with E-state index in [1.807, 2.05) is 11.9 Å². The van der Waals surface area contributed by atoms with Gasteiger partial charge in [-0.1, -0.05) is 11.6 Å². The zero-order valence-electron chi connectivity index (χ0n) is 16.8. The number of benzene rings is 2. The predicted molar refractivity (Wildman–Crippen MR) is 112 cm³/mol. The van der Waals surface area contributed by atoms with Gasteiger partial charge in [-0.2, -0.15) is 13.2 Å². The lowest BCUT2D eigenvalue weighted by atomic mass is 9.89. The van der Waals surface area contributed by atoms with Crippen LogP contribution in [-0.2, 0) is 6.18 Å². The van der Waals surface area contributed by atoms with Crippen LogP contribution in [0.2, 0.25) is 5.02 Å². The number of phenols is 2. The zero-order valence-corrected chi connectivity index (χ0v) is 17.5. The monoisotopic (exact) mass is 469 g/mol. The Balaban J connectivity index is 1.96. The second kappa shape index (κ2) is 7.99. The molecule has 1 aliphatic rings. The molecule has 2 aromatic carbocycles. The van der Waals surface area contributed by atoms with E-state index in [0.29, 0.717) is 13.0 Å². The quantitative estimate of drug-likeness (QED) is 0.529. The number of aliphatic hydroxyl groups is 1. The number of alkyl halides is 3. The molecule has 6 nitrogen and oxygen atoms in total. The van der Waals surface area contributed by atoms with Gasteiger partial charge in [0.15, 0.2) is 5.43 Å². The van der Waals surface area contributed by atoms with Crippen molar-refractivity contribution < 1.29 is 32.9 Å². The van der Waals surface area contributed by atoms with E-state index in [4.69, 9.17) is 16.0 Å². The second-order valence-corrected chi connectivity index (χ2v) is 8.23. The van der Waals surface area contributed by atoms with Crippen molar-refractivity contribution in [3.05, 3.63) is 56.7 Å². The predicted octanol–water partition coefficient (Wildman–Crippen LogP) is 4.32. The van der Waals surface area contributed by atoms with E-state index in [1.165, 1.54) is 0 Å². The van der Waals surface area contributed by atoms with Crippen LogP contribution < -0.4 is 5.43 Å². The highest BCUT2D eigenvalue weighted by atomic mass is 35.5. The number of phenolic OH excluding ortho intramolecular Hbond substituents is 2. The van der Waals surface area contributed by atoms with Crippen molar-refractivity contribution in [3.8, 4) is 22.8 Å². The van der Waals surface area contributed by atoms with E-state index in [-0.39, 0.29) is 51.3 Å². The summed E-state index contributed by atoms with van der Waals surface area (Å²) in [5.41, 5.74) is -1.41. The van der Waals surface area contributed by atoms with Crippen molar-refractivity contribution in [3.63, 3.8) is 0 Å². The number of fused-ring (bicyclic) bond motifs is 1. The minimum atomic E-state index is -4.59. The van der Waals surface area contributed by atoms with Crippen molar-refractivity contribution >= 4 is 22.6 Å². The highest BCUT2D eigenvalue weighted by molar-refractivity contribution is 6.33. The molecule has 1 saturated heterocycles. The Labute approximate surface area is 185 Å². The summed E-state index contributed by atoms with van der Waals surface area (Å²) in [6.07, 6.45) is -4.05. The third kappa shape index (κ3) is 3.70. The molecule has 0 radical (unpaired) electrons. The summed E-state index contributed by atoms with van der Waals surface area (Å²) in [7, 11) is 1.81. The minimum Gasteiger partial charge on any atom is -0.507 e. The van der Waals surface area contributed by atoms with Gasteiger partial charge in [-0.3, -0.25) is 4.79 Å². The van der Waals surface area contributed by atoms with Crippen molar-refractivity contribution in [1.29, 1.82) is 0 Å². The molecule has 0 aliphatic carbocycles. The van der Waals surface area contributed by atoms with Crippen LogP contribution in [0, 0.1) is 0 Å². The molecular weight excluding hydrogens is 451 g/mol. The third-order valence-corrected chi connectivity index (χ3v) is 6.25. The highest BCUT2D eigenvalue weighted by Crippen LogP contribution is 2.44. The number of hydrogen-bond donors (Lipinski definition) is 3. The van der Waals surface area contributed by atoms with Crippen LogP contribution in [0.4, 0.5) is 13.2 Å². The molecule has 1 fully saturated rings. The zero-order chi connectivity index (χ0) is 23.4. The highest BCUT2D eigenvalue weighted by Gasteiger charge is 2.37. The molecular formula is C22H19ClF3NO5. The first-order valence-corrected chi connectivity index (χ1v) is 10.1.